The second-order valence-electron chi connectivity index (χ2n) is 6.87. The van der Waals surface area contributed by atoms with E-state index in [2.05, 4.69) is 27.7 Å². The molecule has 1 heterocycles. The van der Waals surface area contributed by atoms with E-state index in [1.54, 1.807) is 4.90 Å². The first-order valence-electron chi connectivity index (χ1n) is 8.61. The molecule has 0 aromatic heterocycles. The van der Waals surface area contributed by atoms with Crippen LogP contribution in [0.15, 0.2) is 0 Å². The van der Waals surface area contributed by atoms with Crippen LogP contribution in [0.25, 0.3) is 0 Å². The Morgan fingerprint density at radius 3 is 2.39 bits per heavy atom. The van der Waals surface area contributed by atoms with Gasteiger partial charge >= 0.3 is 0 Å². The fourth-order valence-electron chi connectivity index (χ4n) is 3.08. The number of nitrogens with two attached hydrogens (primary N) is 1. The molecule has 6 heteroatoms. The van der Waals surface area contributed by atoms with Crippen molar-refractivity contribution in [1.29, 1.82) is 0 Å². The van der Waals surface area contributed by atoms with Gasteiger partial charge in [-0.3, -0.25) is 9.59 Å². The number of hydrogen-bond donors (Lipinski definition) is 1. The molecule has 0 aromatic carbocycles. The fraction of sp³-hybridized carbons (Fsp3) is 0.882. The molecule has 2 N–H and O–H groups in total. The van der Waals surface area contributed by atoms with Crippen molar-refractivity contribution in [3.8, 4) is 0 Å². The van der Waals surface area contributed by atoms with Gasteiger partial charge < -0.3 is 15.5 Å². The normalized spacial score (nSPS) is 19.2. The van der Waals surface area contributed by atoms with Gasteiger partial charge in [0.15, 0.2) is 0 Å². The summed E-state index contributed by atoms with van der Waals surface area (Å²) in [7, 11) is 1.82. The van der Waals surface area contributed by atoms with Gasteiger partial charge in [-0.2, -0.15) is 0 Å². The van der Waals surface area contributed by atoms with E-state index in [0.717, 1.165) is 19.3 Å². The second-order valence-corrected chi connectivity index (χ2v) is 6.87. The van der Waals surface area contributed by atoms with Crippen LogP contribution >= 0.6 is 12.4 Å². The summed E-state index contributed by atoms with van der Waals surface area (Å²) in [6.45, 7) is 9.61. The molecule has 0 spiro atoms. The van der Waals surface area contributed by atoms with Crippen molar-refractivity contribution >= 4 is 24.2 Å². The third-order valence-corrected chi connectivity index (χ3v) is 4.92. The summed E-state index contributed by atoms with van der Waals surface area (Å²) in [6.07, 6.45) is 3.05. The number of halogens is 1. The Hall–Kier alpha value is -0.810. The van der Waals surface area contributed by atoms with Crippen molar-refractivity contribution in [3.63, 3.8) is 0 Å². The molecule has 1 rings (SSSR count). The minimum atomic E-state index is -0.187. The van der Waals surface area contributed by atoms with Crippen LogP contribution in [0.3, 0.4) is 0 Å². The van der Waals surface area contributed by atoms with Gasteiger partial charge in [0, 0.05) is 38.6 Å². The molecule has 0 aromatic rings. The summed E-state index contributed by atoms with van der Waals surface area (Å²) in [4.78, 5) is 28.3. The number of carbonyl (C=O) groups excluding carboxylic acids is 2. The molecule has 1 aliphatic heterocycles. The quantitative estimate of drug-likeness (QED) is 0.732. The summed E-state index contributed by atoms with van der Waals surface area (Å²) in [5.41, 5.74) is 6.04. The molecule has 0 bridgehead atoms. The highest BCUT2D eigenvalue weighted by Crippen LogP contribution is 2.24. The number of likely N-dealkylation sites (tertiary alicyclic amines) is 1. The number of rotatable bonds is 8. The van der Waals surface area contributed by atoms with E-state index in [1.807, 2.05) is 11.9 Å². The molecule has 1 aliphatic rings. The van der Waals surface area contributed by atoms with Crippen molar-refractivity contribution in [2.24, 2.45) is 17.6 Å². The van der Waals surface area contributed by atoms with Crippen LogP contribution < -0.4 is 5.73 Å². The van der Waals surface area contributed by atoms with Crippen molar-refractivity contribution in [3.05, 3.63) is 0 Å². The van der Waals surface area contributed by atoms with E-state index in [-0.39, 0.29) is 42.2 Å². The zero-order valence-electron chi connectivity index (χ0n) is 15.2. The first kappa shape index (κ1) is 22.2. The van der Waals surface area contributed by atoms with Gasteiger partial charge in [0.2, 0.25) is 11.8 Å². The summed E-state index contributed by atoms with van der Waals surface area (Å²) in [5, 5.41) is 0. The van der Waals surface area contributed by atoms with Crippen LogP contribution in [0.2, 0.25) is 0 Å². The van der Waals surface area contributed by atoms with Crippen molar-refractivity contribution in [2.75, 3.05) is 20.1 Å². The highest BCUT2D eigenvalue weighted by Gasteiger charge is 2.37. The first-order valence-corrected chi connectivity index (χ1v) is 8.61. The lowest BCUT2D eigenvalue weighted by Crippen LogP contribution is -2.40. The highest BCUT2D eigenvalue weighted by atomic mass is 35.5. The zero-order chi connectivity index (χ0) is 16.9. The largest absolute Gasteiger partial charge is 0.345 e. The van der Waals surface area contributed by atoms with Crippen molar-refractivity contribution in [1.82, 2.24) is 9.80 Å². The molecule has 2 unspecified atom stereocenters. The van der Waals surface area contributed by atoms with Crippen LogP contribution in [0.5, 0.6) is 0 Å². The third kappa shape index (κ3) is 5.96. The number of nitrogens with zero attached hydrogens (tertiary/aromatic N) is 2. The second kappa shape index (κ2) is 10.1. The third-order valence-electron chi connectivity index (χ3n) is 4.92. The van der Waals surface area contributed by atoms with Crippen LogP contribution in [0.4, 0.5) is 0 Å². The smallest absolute Gasteiger partial charge is 0.227 e. The van der Waals surface area contributed by atoms with Crippen LogP contribution in [-0.2, 0) is 9.59 Å². The maximum absolute atomic E-state index is 12.5. The Balaban J connectivity index is 0.00000484. The molecule has 1 saturated heterocycles. The van der Waals surface area contributed by atoms with Crippen molar-refractivity contribution < 1.29 is 9.59 Å². The standard InChI is InChI=1S/C17H33N3O2.ClH/c1-6-14(7-2)20-11-13(10-16(20)21)17(22)19(5)9-8-15(18)12(3)4;/h12-15H,6-11,18H2,1-5H3;1H. The van der Waals surface area contributed by atoms with E-state index in [4.69, 9.17) is 5.73 Å². The van der Waals surface area contributed by atoms with Gasteiger partial charge in [-0.1, -0.05) is 27.7 Å². The summed E-state index contributed by atoms with van der Waals surface area (Å²) >= 11 is 0. The van der Waals surface area contributed by atoms with E-state index in [9.17, 15) is 9.59 Å². The topological polar surface area (TPSA) is 66.6 Å². The van der Waals surface area contributed by atoms with E-state index in [1.165, 1.54) is 0 Å². The average Bonchev–Trinajstić information content (AvgIpc) is 2.86. The first-order chi connectivity index (χ1) is 10.3. The van der Waals surface area contributed by atoms with E-state index < -0.39 is 0 Å². The maximum Gasteiger partial charge on any atom is 0.227 e. The van der Waals surface area contributed by atoms with Crippen LogP contribution in [0.1, 0.15) is 53.4 Å². The predicted octanol–water partition coefficient (Wildman–Crippen LogP) is 2.28. The number of carbonyl (C=O) groups is 2. The minimum absolute atomic E-state index is 0. The predicted molar refractivity (Wildman–Crippen MR) is 96.5 cm³/mol. The lowest BCUT2D eigenvalue weighted by atomic mass is 10.0. The summed E-state index contributed by atoms with van der Waals surface area (Å²) in [6, 6.07) is 0.381. The van der Waals surface area contributed by atoms with Gasteiger partial charge in [0.1, 0.15) is 0 Å². The Morgan fingerprint density at radius 2 is 1.91 bits per heavy atom. The molecular formula is C17H34ClN3O2. The van der Waals surface area contributed by atoms with Crippen molar-refractivity contribution in [2.45, 2.75) is 65.5 Å². The lowest BCUT2D eigenvalue weighted by Gasteiger charge is -2.27. The summed E-state index contributed by atoms with van der Waals surface area (Å²) < 4.78 is 0. The van der Waals surface area contributed by atoms with Gasteiger partial charge in [-0.05, 0) is 25.2 Å². The van der Waals surface area contributed by atoms with Gasteiger partial charge in [0.25, 0.3) is 0 Å². The Kier molecular flexibility index (Phi) is 9.78. The van der Waals surface area contributed by atoms with Gasteiger partial charge in [0.05, 0.1) is 5.92 Å². The van der Waals surface area contributed by atoms with Gasteiger partial charge in [-0.15, -0.1) is 12.4 Å². The van der Waals surface area contributed by atoms with E-state index in [0.29, 0.717) is 25.4 Å². The molecule has 0 aliphatic carbocycles. The highest BCUT2D eigenvalue weighted by molar-refractivity contribution is 5.89. The zero-order valence-corrected chi connectivity index (χ0v) is 16.1. The minimum Gasteiger partial charge on any atom is -0.345 e. The number of amides is 2. The SMILES string of the molecule is CCC(CC)N1CC(C(=O)N(C)CCC(N)C(C)C)CC1=O.Cl. The van der Waals surface area contributed by atoms with Crippen LogP contribution in [0, 0.1) is 11.8 Å². The average molecular weight is 348 g/mol. The summed E-state index contributed by atoms with van der Waals surface area (Å²) in [5.74, 6) is 0.437. The maximum atomic E-state index is 12.5. The van der Waals surface area contributed by atoms with E-state index >= 15 is 0 Å². The Morgan fingerprint density at radius 1 is 1.35 bits per heavy atom. The van der Waals surface area contributed by atoms with Crippen LogP contribution in [-0.4, -0.2) is 53.8 Å². The molecule has 5 nitrogen and oxygen atoms in total. The molecule has 23 heavy (non-hydrogen) atoms. The molecule has 0 saturated carbocycles. The Labute approximate surface area is 147 Å². The fourth-order valence-corrected chi connectivity index (χ4v) is 3.08. The molecule has 136 valence electrons. The molecular weight excluding hydrogens is 314 g/mol. The molecule has 0 radical (unpaired) electrons. The molecule has 1 fully saturated rings. The molecule has 2 amide bonds. The number of hydrogen-bond acceptors (Lipinski definition) is 3. The lowest BCUT2D eigenvalue weighted by molar-refractivity contribution is -0.134. The monoisotopic (exact) mass is 347 g/mol. The van der Waals surface area contributed by atoms with Gasteiger partial charge in [-0.25, -0.2) is 0 Å². The molecule has 2 atom stereocenters. The Bertz CT molecular complexity index is 386.